The maximum Gasteiger partial charge on any atom is 0.306 e. The Morgan fingerprint density at radius 2 is 0.489 bits per heavy atom. The topological polar surface area (TPSA) is 72.8 Å². The second-order valence-electron chi connectivity index (χ2n) is 25.7. The van der Waals surface area contributed by atoms with Crippen molar-refractivity contribution in [2.45, 2.75) is 392 Å². The first-order chi connectivity index (χ1) is 43.6. The van der Waals surface area contributed by atoms with Crippen LogP contribution in [0.2, 0.25) is 0 Å². The van der Waals surface area contributed by atoms with Gasteiger partial charge in [0.2, 0.25) is 0 Å². The molecular formula is C83H146O5. The molecule has 88 heavy (non-hydrogen) atoms. The Morgan fingerprint density at radius 3 is 0.739 bits per heavy atom. The first-order valence-electron chi connectivity index (χ1n) is 38.4. The van der Waals surface area contributed by atoms with Crippen molar-refractivity contribution in [3.05, 3.63) is 109 Å². The second kappa shape index (κ2) is 77.8. The van der Waals surface area contributed by atoms with E-state index in [1.807, 2.05) is 0 Å². The van der Waals surface area contributed by atoms with Crippen LogP contribution in [0.15, 0.2) is 109 Å². The van der Waals surface area contributed by atoms with Gasteiger partial charge in [-0.25, -0.2) is 0 Å². The van der Waals surface area contributed by atoms with Crippen molar-refractivity contribution in [3.63, 3.8) is 0 Å². The van der Waals surface area contributed by atoms with Crippen LogP contribution >= 0.6 is 0 Å². The summed E-state index contributed by atoms with van der Waals surface area (Å²) < 4.78 is 10.8. The molecule has 0 bridgehead atoms. The molecule has 0 spiro atoms. The lowest BCUT2D eigenvalue weighted by molar-refractivity contribution is -0.161. The van der Waals surface area contributed by atoms with Gasteiger partial charge in [-0.15, -0.1) is 0 Å². The monoisotopic (exact) mass is 1220 g/mol. The van der Waals surface area contributed by atoms with Crippen LogP contribution in [0.1, 0.15) is 386 Å². The summed E-state index contributed by atoms with van der Waals surface area (Å²) in [5.41, 5.74) is 0. The normalized spacial score (nSPS) is 12.8. The maximum absolute atomic E-state index is 12.4. The van der Waals surface area contributed by atoms with E-state index in [2.05, 4.69) is 123 Å². The SMILES string of the molecule is CC/C=C\C/C=C\C/C=C\C/C=C\C/C=C\C/C=C\C/C=C\C/C=C\C/C=C\CCCCCCCCCC(=O)OC(CO)COC(=O)CCCCCCCCCCCCCCCCCCCCCCCCCCCCCCCCCCCCCCCCC. The summed E-state index contributed by atoms with van der Waals surface area (Å²) >= 11 is 0. The van der Waals surface area contributed by atoms with Gasteiger partial charge in [-0.05, 0) is 83.5 Å². The van der Waals surface area contributed by atoms with E-state index < -0.39 is 6.10 Å². The highest BCUT2D eigenvalue weighted by Gasteiger charge is 2.16. The molecule has 0 aliphatic heterocycles. The predicted molar refractivity (Wildman–Crippen MR) is 389 cm³/mol. The number of hydrogen-bond donors (Lipinski definition) is 1. The highest BCUT2D eigenvalue weighted by molar-refractivity contribution is 5.70. The maximum atomic E-state index is 12.4. The van der Waals surface area contributed by atoms with Crippen molar-refractivity contribution >= 4 is 11.9 Å². The van der Waals surface area contributed by atoms with Gasteiger partial charge in [-0.2, -0.15) is 0 Å². The van der Waals surface area contributed by atoms with Gasteiger partial charge in [0, 0.05) is 12.8 Å². The van der Waals surface area contributed by atoms with Crippen molar-refractivity contribution in [2.24, 2.45) is 0 Å². The van der Waals surface area contributed by atoms with Gasteiger partial charge in [0.25, 0.3) is 0 Å². The lowest BCUT2D eigenvalue weighted by Crippen LogP contribution is -2.28. The van der Waals surface area contributed by atoms with Crippen molar-refractivity contribution in [1.82, 2.24) is 0 Å². The fourth-order valence-electron chi connectivity index (χ4n) is 11.4. The molecule has 0 aromatic rings. The number of esters is 2. The molecule has 0 saturated heterocycles. The lowest BCUT2D eigenvalue weighted by Gasteiger charge is -2.15. The highest BCUT2D eigenvalue weighted by Crippen LogP contribution is 2.19. The van der Waals surface area contributed by atoms with Gasteiger partial charge in [0.15, 0.2) is 6.10 Å². The number of unbranched alkanes of at least 4 members (excludes halogenated alkanes) is 45. The van der Waals surface area contributed by atoms with Gasteiger partial charge >= 0.3 is 11.9 Å². The molecule has 0 rings (SSSR count). The van der Waals surface area contributed by atoms with E-state index in [1.165, 1.54) is 257 Å². The number of rotatable bonds is 71. The van der Waals surface area contributed by atoms with Crippen LogP contribution in [-0.2, 0) is 19.1 Å². The zero-order valence-electron chi connectivity index (χ0n) is 58.5. The first kappa shape index (κ1) is 84.6. The van der Waals surface area contributed by atoms with E-state index in [4.69, 9.17) is 9.47 Å². The van der Waals surface area contributed by atoms with Crippen molar-refractivity contribution < 1.29 is 24.2 Å². The zero-order chi connectivity index (χ0) is 63.3. The van der Waals surface area contributed by atoms with Crippen LogP contribution in [-0.4, -0.2) is 36.4 Å². The predicted octanol–water partition coefficient (Wildman–Crippen LogP) is 27.1. The Kier molecular flexibility index (Phi) is 74.8. The van der Waals surface area contributed by atoms with Gasteiger partial charge in [0.1, 0.15) is 6.61 Å². The molecule has 1 atom stereocenters. The molecule has 0 radical (unpaired) electrons. The summed E-state index contributed by atoms with van der Waals surface area (Å²) in [6.07, 6.45) is 113. The Labute approximate surface area is 548 Å². The van der Waals surface area contributed by atoms with E-state index in [1.54, 1.807) is 0 Å². The lowest BCUT2D eigenvalue weighted by atomic mass is 10.0. The number of aliphatic hydroxyl groups is 1. The third-order valence-corrected chi connectivity index (χ3v) is 17.1. The molecule has 0 aliphatic carbocycles. The van der Waals surface area contributed by atoms with Gasteiger partial charge < -0.3 is 14.6 Å². The molecule has 1 N–H and O–H groups in total. The van der Waals surface area contributed by atoms with Crippen molar-refractivity contribution in [1.29, 1.82) is 0 Å². The number of hydrogen-bond acceptors (Lipinski definition) is 5. The molecule has 5 nitrogen and oxygen atoms in total. The number of ether oxygens (including phenoxy) is 2. The summed E-state index contributed by atoms with van der Waals surface area (Å²) in [7, 11) is 0. The molecule has 0 heterocycles. The number of carbonyl (C=O) groups excluding carboxylic acids is 2. The summed E-state index contributed by atoms with van der Waals surface area (Å²) in [5.74, 6) is -0.593. The minimum atomic E-state index is -0.786. The Hall–Kier alpha value is -3.44. The Balaban J connectivity index is 3.46. The largest absolute Gasteiger partial charge is 0.462 e. The van der Waals surface area contributed by atoms with Crippen LogP contribution in [0.25, 0.3) is 0 Å². The molecule has 0 fully saturated rings. The molecule has 0 aromatic heterocycles. The van der Waals surface area contributed by atoms with Crippen LogP contribution in [0.4, 0.5) is 0 Å². The number of allylic oxidation sites excluding steroid dienone is 18. The number of aliphatic hydroxyl groups excluding tert-OH is 1. The molecule has 0 aromatic carbocycles. The first-order valence-corrected chi connectivity index (χ1v) is 38.4. The summed E-state index contributed by atoms with van der Waals surface area (Å²) in [6.45, 7) is 4.06. The van der Waals surface area contributed by atoms with Gasteiger partial charge in [-0.3, -0.25) is 9.59 Å². The highest BCUT2D eigenvalue weighted by atomic mass is 16.6. The zero-order valence-corrected chi connectivity index (χ0v) is 58.5. The number of carbonyl (C=O) groups is 2. The summed E-state index contributed by atoms with van der Waals surface area (Å²) in [6, 6.07) is 0. The van der Waals surface area contributed by atoms with Crippen molar-refractivity contribution in [2.75, 3.05) is 13.2 Å². The van der Waals surface area contributed by atoms with Gasteiger partial charge in [-0.1, -0.05) is 399 Å². The van der Waals surface area contributed by atoms with E-state index in [-0.39, 0.29) is 25.2 Å². The summed E-state index contributed by atoms with van der Waals surface area (Å²) in [5, 5.41) is 9.72. The average Bonchev–Trinajstić information content (AvgIpc) is 3.54. The molecule has 0 saturated carbocycles. The van der Waals surface area contributed by atoms with E-state index >= 15 is 0 Å². The van der Waals surface area contributed by atoms with Crippen LogP contribution in [0.5, 0.6) is 0 Å². The second-order valence-corrected chi connectivity index (χ2v) is 25.7. The minimum absolute atomic E-state index is 0.0723. The average molecular weight is 1220 g/mol. The third-order valence-electron chi connectivity index (χ3n) is 17.1. The van der Waals surface area contributed by atoms with Gasteiger partial charge in [0.05, 0.1) is 6.61 Å². The molecule has 0 amide bonds. The summed E-state index contributed by atoms with van der Waals surface area (Å²) in [4.78, 5) is 24.7. The van der Waals surface area contributed by atoms with Crippen LogP contribution in [0, 0.1) is 0 Å². The fourth-order valence-corrected chi connectivity index (χ4v) is 11.4. The van der Waals surface area contributed by atoms with Crippen LogP contribution < -0.4 is 0 Å². The van der Waals surface area contributed by atoms with Crippen LogP contribution in [0.3, 0.4) is 0 Å². The molecule has 5 heteroatoms. The quantitative estimate of drug-likeness (QED) is 0.0373. The van der Waals surface area contributed by atoms with Crippen molar-refractivity contribution in [3.8, 4) is 0 Å². The molecule has 508 valence electrons. The smallest absolute Gasteiger partial charge is 0.306 e. The third kappa shape index (κ3) is 75.0. The Morgan fingerprint density at radius 1 is 0.273 bits per heavy atom. The molecular weight excluding hydrogens is 1080 g/mol. The molecule has 0 aliphatic rings. The van der Waals surface area contributed by atoms with E-state index in [0.29, 0.717) is 12.8 Å². The Bertz CT molecular complexity index is 1670. The molecule has 1 unspecified atom stereocenters. The minimum Gasteiger partial charge on any atom is -0.462 e. The van der Waals surface area contributed by atoms with E-state index in [0.717, 1.165) is 103 Å². The fraction of sp³-hybridized carbons (Fsp3) is 0.759. The standard InChI is InChI=1S/C83H146O5/c1-3-5-7-9-11-13-15-17-19-21-23-25-27-29-31-33-35-37-39-40-41-42-44-45-47-49-51-53-55-57-59-61-63-65-67-69-71-73-75-77-82(85)87-80-81(79-84)88-83(86)78-76-74-72-70-68-66-64-62-60-58-56-54-52-50-48-46-43-38-36-34-32-30-28-26-24-22-20-18-16-14-12-10-8-6-4-2/h6,8,12,14,18,20,24,26,30,32,36,38,46,48,52,54,58,60,81,84H,3-5,7,9-11,13,15-17,19,21-23,25,27-29,31,33-35,37,39-45,47,49-51,53,55-57,59,61-80H2,1-2H3/b8-6-,14-12-,20-18-,26-24-,32-30-,38-36-,48-46-,54-52-,60-58-. The van der Waals surface area contributed by atoms with E-state index in [9.17, 15) is 14.7 Å².